The molecule has 0 aliphatic carbocycles. The molecule has 7 nitrogen and oxygen atoms in total. The molecule has 7 heteroatoms. The van der Waals surface area contributed by atoms with Crippen molar-refractivity contribution in [1.82, 2.24) is 10.6 Å². The fourth-order valence-corrected chi connectivity index (χ4v) is 2.96. The van der Waals surface area contributed by atoms with Gasteiger partial charge in [-0.15, -0.1) is 0 Å². The molecule has 1 atom stereocenters. The number of benzene rings is 2. The number of hydrogen-bond acceptors (Lipinski definition) is 5. The number of amides is 2. The van der Waals surface area contributed by atoms with Gasteiger partial charge in [0, 0.05) is 0 Å². The number of rotatable bonds is 5. The first-order valence-corrected chi connectivity index (χ1v) is 8.46. The summed E-state index contributed by atoms with van der Waals surface area (Å²) in [4.78, 5) is 25.0. The van der Waals surface area contributed by atoms with Crippen molar-refractivity contribution in [3.63, 3.8) is 0 Å². The van der Waals surface area contributed by atoms with Gasteiger partial charge in [-0.3, -0.25) is 0 Å². The van der Waals surface area contributed by atoms with Crippen LogP contribution in [0.2, 0.25) is 0 Å². The Bertz CT molecular complexity index is 893. The van der Waals surface area contributed by atoms with E-state index in [0.717, 1.165) is 0 Å². The van der Waals surface area contributed by atoms with Gasteiger partial charge in [0.2, 0.25) is 0 Å². The molecule has 0 bridgehead atoms. The minimum Gasteiger partial charge on any atom is -0.504 e. The number of urea groups is 1. The van der Waals surface area contributed by atoms with Crippen LogP contribution >= 0.6 is 0 Å². The van der Waals surface area contributed by atoms with Gasteiger partial charge in [-0.25, -0.2) is 9.59 Å². The summed E-state index contributed by atoms with van der Waals surface area (Å²) < 4.78 is 10.3. The summed E-state index contributed by atoms with van der Waals surface area (Å²) in [6, 6.07) is 12.5. The Balaban J connectivity index is 2.16. The molecule has 3 rings (SSSR count). The molecule has 140 valence electrons. The number of phenolic OH excluding ortho intramolecular Hbond substituents is 1. The van der Waals surface area contributed by atoms with E-state index in [1.54, 1.807) is 31.2 Å². The van der Waals surface area contributed by atoms with Gasteiger partial charge in [0.15, 0.2) is 11.5 Å². The van der Waals surface area contributed by atoms with Crippen LogP contribution in [-0.2, 0) is 9.53 Å². The number of hydrogen-bond donors (Lipinski definition) is 3. The molecule has 2 amide bonds. The quantitative estimate of drug-likeness (QED) is 0.705. The zero-order valence-electron chi connectivity index (χ0n) is 15.0. The third-order valence-corrected chi connectivity index (χ3v) is 4.17. The number of nitrogens with one attached hydrogen (secondary N) is 2. The van der Waals surface area contributed by atoms with Gasteiger partial charge in [0.1, 0.15) is 0 Å². The maximum absolute atomic E-state index is 12.7. The largest absolute Gasteiger partial charge is 0.504 e. The molecule has 1 aliphatic heterocycles. The van der Waals surface area contributed by atoms with Crippen molar-refractivity contribution in [2.45, 2.75) is 13.0 Å². The molecule has 1 aliphatic rings. The van der Waals surface area contributed by atoms with Crippen molar-refractivity contribution in [2.24, 2.45) is 0 Å². The summed E-state index contributed by atoms with van der Waals surface area (Å²) in [5, 5.41) is 15.5. The maximum Gasteiger partial charge on any atom is 0.338 e. The van der Waals surface area contributed by atoms with Gasteiger partial charge >= 0.3 is 12.0 Å². The van der Waals surface area contributed by atoms with Gasteiger partial charge in [0.05, 0.1) is 31.0 Å². The van der Waals surface area contributed by atoms with Crippen molar-refractivity contribution in [3.8, 4) is 11.5 Å². The molecular formula is C20H20N2O5. The number of aromatic hydroxyl groups is 1. The van der Waals surface area contributed by atoms with Gasteiger partial charge in [-0.05, 0) is 30.2 Å². The smallest absolute Gasteiger partial charge is 0.338 e. The van der Waals surface area contributed by atoms with Crippen LogP contribution in [0.4, 0.5) is 4.79 Å². The summed E-state index contributed by atoms with van der Waals surface area (Å²) in [5.74, 6) is -0.347. The van der Waals surface area contributed by atoms with Crippen molar-refractivity contribution < 1.29 is 24.2 Å². The Morgan fingerprint density at radius 1 is 1.19 bits per heavy atom. The fourth-order valence-electron chi connectivity index (χ4n) is 2.96. The monoisotopic (exact) mass is 368 g/mol. The number of carbonyl (C=O) groups is 2. The lowest BCUT2D eigenvalue weighted by atomic mass is 9.92. The third kappa shape index (κ3) is 3.72. The highest BCUT2D eigenvalue weighted by Crippen LogP contribution is 2.35. The van der Waals surface area contributed by atoms with Crippen molar-refractivity contribution >= 4 is 17.7 Å². The van der Waals surface area contributed by atoms with Crippen molar-refractivity contribution in [3.05, 3.63) is 65.2 Å². The standard InChI is InChI=1S/C20H20N2O5/c1-3-27-19(24)16-17(12-7-5-4-6-8-12)21-20(25)22-18(16)13-9-10-15(26-2)14(23)11-13/h4-11,18,23H,3H2,1-2H3,(H2,21,22,25)/t18-/m1/s1. The lowest BCUT2D eigenvalue weighted by Crippen LogP contribution is -2.45. The van der Waals surface area contributed by atoms with Gasteiger partial charge in [0.25, 0.3) is 0 Å². The third-order valence-electron chi connectivity index (χ3n) is 4.17. The molecule has 2 aromatic carbocycles. The average molecular weight is 368 g/mol. The second-order valence-electron chi connectivity index (χ2n) is 5.84. The van der Waals surface area contributed by atoms with E-state index in [4.69, 9.17) is 9.47 Å². The first kappa shape index (κ1) is 18.3. The molecule has 2 aromatic rings. The van der Waals surface area contributed by atoms with Crippen molar-refractivity contribution in [1.29, 1.82) is 0 Å². The molecule has 0 saturated carbocycles. The molecular weight excluding hydrogens is 348 g/mol. The second kappa shape index (κ2) is 7.82. The summed E-state index contributed by atoms with van der Waals surface area (Å²) >= 11 is 0. The highest BCUT2D eigenvalue weighted by molar-refractivity contribution is 6.04. The molecule has 0 aromatic heterocycles. The zero-order valence-corrected chi connectivity index (χ0v) is 15.0. The van der Waals surface area contributed by atoms with Crippen LogP contribution in [0.25, 0.3) is 5.70 Å². The van der Waals surface area contributed by atoms with E-state index in [2.05, 4.69) is 10.6 Å². The summed E-state index contributed by atoms with van der Waals surface area (Å²) in [6.07, 6.45) is 0. The van der Waals surface area contributed by atoms with Crippen LogP contribution in [0, 0.1) is 0 Å². The highest BCUT2D eigenvalue weighted by atomic mass is 16.5. The lowest BCUT2D eigenvalue weighted by molar-refractivity contribution is -0.138. The van der Waals surface area contributed by atoms with Gasteiger partial charge in [-0.1, -0.05) is 36.4 Å². The van der Waals surface area contributed by atoms with Crippen LogP contribution in [0.1, 0.15) is 24.1 Å². The number of phenols is 1. The number of carbonyl (C=O) groups excluding carboxylic acids is 2. The molecule has 0 radical (unpaired) electrons. The molecule has 27 heavy (non-hydrogen) atoms. The fraction of sp³-hybridized carbons (Fsp3) is 0.200. The SMILES string of the molecule is CCOC(=O)C1=C(c2ccccc2)NC(=O)N[C@@H]1c1ccc(OC)c(O)c1. The minimum absolute atomic E-state index is 0.0905. The molecule has 0 fully saturated rings. The Morgan fingerprint density at radius 3 is 2.56 bits per heavy atom. The lowest BCUT2D eigenvalue weighted by Gasteiger charge is -2.29. The van der Waals surface area contributed by atoms with Crippen LogP contribution in [-0.4, -0.2) is 30.8 Å². The Labute approximate surface area is 156 Å². The van der Waals surface area contributed by atoms with E-state index in [1.165, 1.54) is 13.2 Å². The summed E-state index contributed by atoms with van der Waals surface area (Å²) in [5.41, 5.74) is 1.84. The minimum atomic E-state index is -0.787. The maximum atomic E-state index is 12.7. The topological polar surface area (TPSA) is 96.9 Å². The van der Waals surface area contributed by atoms with Gasteiger partial charge in [-0.2, -0.15) is 0 Å². The molecule has 0 spiro atoms. The molecule has 0 saturated heterocycles. The summed E-state index contributed by atoms with van der Waals surface area (Å²) in [6.45, 7) is 1.91. The number of ether oxygens (including phenoxy) is 2. The first-order valence-electron chi connectivity index (χ1n) is 8.46. The van der Waals surface area contributed by atoms with Gasteiger partial charge < -0.3 is 25.2 Å². The second-order valence-corrected chi connectivity index (χ2v) is 5.84. The Morgan fingerprint density at radius 2 is 1.93 bits per heavy atom. The number of methoxy groups -OCH3 is 1. The summed E-state index contributed by atoms with van der Waals surface area (Å²) in [7, 11) is 1.44. The Hall–Kier alpha value is -3.48. The van der Waals surface area contributed by atoms with Crippen LogP contribution < -0.4 is 15.4 Å². The predicted molar refractivity (Wildman–Crippen MR) is 99.1 cm³/mol. The van der Waals surface area contributed by atoms with E-state index in [9.17, 15) is 14.7 Å². The first-order chi connectivity index (χ1) is 13.0. The van der Waals surface area contributed by atoms with E-state index in [0.29, 0.717) is 22.6 Å². The Kier molecular flexibility index (Phi) is 5.30. The van der Waals surface area contributed by atoms with Crippen LogP contribution in [0.5, 0.6) is 11.5 Å². The highest BCUT2D eigenvalue weighted by Gasteiger charge is 2.34. The molecule has 0 unspecified atom stereocenters. The predicted octanol–water partition coefficient (Wildman–Crippen LogP) is 2.73. The zero-order chi connectivity index (χ0) is 19.4. The normalized spacial score (nSPS) is 16.4. The average Bonchev–Trinajstić information content (AvgIpc) is 2.68. The van der Waals surface area contributed by atoms with Crippen LogP contribution in [0.3, 0.4) is 0 Å². The van der Waals surface area contributed by atoms with Crippen LogP contribution in [0.15, 0.2) is 54.1 Å². The van der Waals surface area contributed by atoms with E-state index in [-0.39, 0.29) is 17.9 Å². The number of esters is 1. The molecule has 3 N–H and O–H groups in total. The van der Waals surface area contributed by atoms with E-state index in [1.807, 2.05) is 18.2 Å². The molecule has 1 heterocycles. The van der Waals surface area contributed by atoms with E-state index < -0.39 is 18.0 Å². The van der Waals surface area contributed by atoms with E-state index >= 15 is 0 Å². The van der Waals surface area contributed by atoms with Crippen molar-refractivity contribution in [2.75, 3.05) is 13.7 Å².